The molecule has 0 bridgehead atoms. The standard InChI is InChI=1S/C18H36N2/c1-4-13-19-17-9-7-5-6-8-10-18(17)20(14-15(2)3)16-11-12-16/h15-19H,4-14H2,1-3H3. The molecule has 0 heterocycles. The minimum Gasteiger partial charge on any atom is -0.312 e. The molecular weight excluding hydrogens is 244 g/mol. The van der Waals surface area contributed by atoms with Gasteiger partial charge < -0.3 is 5.32 Å². The van der Waals surface area contributed by atoms with Gasteiger partial charge in [0.2, 0.25) is 0 Å². The van der Waals surface area contributed by atoms with E-state index < -0.39 is 0 Å². The molecular formula is C18H36N2. The van der Waals surface area contributed by atoms with Crippen LogP contribution in [0, 0.1) is 5.92 Å². The lowest BCUT2D eigenvalue weighted by Crippen LogP contribution is -2.52. The minimum atomic E-state index is 0.745. The molecule has 2 fully saturated rings. The molecule has 20 heavy (non-hydrogen) atoms. The first-order chi connectivity index (χ1) is 9.72. The van der Waals surface area contributed by atoms with Crippen LogP contribution in [0.15, 0.2) is 0 Å². The van der Waals surface area contributed by atoms with Gasteiger partial charge in [-0.15, -0.1) is 0 Å². The van der Waals surface area contributed by atoms with E-state index in [1.807, 2.05) is 0 Å². The summed E-state index contributed by atoms with van der Waals surface area (Å²) in [4.78, 5) is 2.89. The summed E-state index contributed by atoms with van der Waals surface area (Å²) in [6, 6.07) is 2.46. The Morgan fingerprint density at radius 1 is 1.00 bits per heavy atom. The van der Waals surface area contributed by atoms with Crippen LogP contribution in [0.3, 0.4) is 0 Å². The summed E-state index contributed by atoms with van der Waals surface area (Å²) in [6.45, 7) is 9.55. The third kappa shape index (κ3) is 5.04. The highest BCUT2D eigenvalue weighted by molar-refractivity contribution is 4.94. The molecule has 0 radical (unpaired) electrons. The van der Waals surface area contributed by atoms with Crippen molar-refractivity contribution in [1.82, 2.24) is 10.2 Å². The lowest BCUT2D eigenvalue weighted by Gasteiger charge is -2.40. The van der Waals surface area contributed by atoms with Crippen LogP contribution in [0.25, 0.3) is 0 Å². The molecule has 2 unspecified atom stereocenters. The van der Waals surface area contributed by atoms with E-state index in [0.29, 0.717) is 0 Å². The van der Waals surface area contributed by atoms with Crippen LogP contribution < -0.4 is 5.32 Å². The smallest absolute Gasteiger partial charge is 0.0252 e. The van der Waals surface area contributed by atoms with Gasteiger partial charge >= 0.3 is 0 Å². The Morgan fingerprint density at radius 2 is 1.70 bits per heavy atom. The van der Waals surface area contributed by atoms with Gasteiger partial charge in [-0.25, -0.2) is 0 Å². The van der Waals surface area contributed by atoms with Gasteiger partial charge in [0, 0.05) is 24.7 Å². The number of nitrogens with zero attached hydrogens (tertiary/aromatic N) is 1. The Morgan fingerprint density at radius 3 is 2.30 bits per heavy atom. The molecule has 1 N–H and O–H groups in total. The van der Waals surface area contributed by atoms with Crippen molar-refractivity contribution in [2.75, 3.05) is 13.1 Å². The molecule has 2 nitrogen and oxygen atoms in total. The van der Waals surface area contributed by atoms with E-state index in [1.54, 1.807) is 0 Å². The quantitative estimate of drug-likeness (QED) is 0.752. The van der Waals surface area contributed by atoms with Gasteiger partial charge in [-0.1, -0.05) is 46.5 Å². The van der Waals surface area contributed by atoms with E-state index in [-0.39, 0.29) is 0 Å². The molecule has 2 heteroatoms. The zero-order chi connectivity index (χ0) is 14.4. The highest BCUT2D eigenvalue weighted by Crippen LogP contribution is 2.33. The maximum Gasteiger partial charge on any atom is 0.0252 e. The van der Waals surface area contributed by atoms with Crippen molar-refractivity contribution in [2.24, 2.45) is 5.92 Å². The van der Waals surface area contributed by atoms with E-state index in [4.69, 9.17) is 0 Å². The predicted molar refractivity (Wildman–Crippen MR) is 88.1 cm³/mol. The second-order valence-electron chi connectivity index (χ2n) is 7.44. The van der Waals surface area contributed by atoms with Crippen LogP contribution in [-0.4, -0.2) is 36.1 Å². The summed E-state index contributed by atoms with van der Waals surface area (Å²) >= 11 is 0. The summed E-state index contributed by atoms with van der Waals surface area (Å²) in [6.07, 6.45) is 12.7. The van der Waals surface area contributed by atoms with Crippen molar-refractivity contribution in [1.29, 1.82) is 0 Å². The SMILES string of the molecule is CCCNC1CCCCCCC1N(CC(C)C)C1CC1. The fourth-order valence-corrected chi connectivity index (χ4v) is 3.81. The van der Waals surface area contributed by atoms with Crippen molar-refractivity contribution in [3.05, 3.63) is 0 Å². The molecule has 2 aliphatic carbocycles. The molecule has 0 amide bonds. The highest BCUT2D eigenvalue weighted by Gasteiger charge is 2.37. The summed E-state index contributed by atoms with van der Waals surface area (Å²) in [5.41, 5.74) is 0. The second kappa shape index (κ2) is 8.38. The Hall–Kier alpha value is -0.0800. The van der Waals surface area contributed by atoms with Gasteiger partial charge in [0.05, 0.1) is 0 Å². The third-order valence-corrected chi connectivity index (χ3v) is 4.90. The normalized spacial score (nSPS) is 28.6. The molecule has 2 rings (SSSR count). The molecule has 118 valence electrons. The van der Waals surface area contributed by atoms with Gasteiger partial charge in [-0.05, 0) is 44.6 Å². The van der Waals surface area contributed by atoms with Crippen molar-refractivity contribution < 1.29 is 0 Å². The third-order valence-electron chi connectivity index (χ3n) is 4.90. The van der Waals surface area contributed by atoms with Gasteiger partial charge in [0.25, 0.3) is 0 Å². The largest absolute Gasteiger partial charge is 0.312 e. The number of hydrogen-bond donors (Lipinski definition) is 1. The van der Waals surface area contributed by atoms with Crippen LogP contribution in [0.4, 0.5) is 0 Å². The summed E-state index contributed by atoms with van der Waals surface area (Å²) < 4.78 is 0. The minimum absolute atomic E-state index is 0.745. The van der Waals surface area contributed by atoms with Crippen molar-refractivity contribution >= 4 is 0 Å². The summed E-state index contributed by atoms with van der Waals surface area (Å²) in [5.74, 6) is 0.799. The fourth-order valence-electron chi connectivity index (χ4n) is 3.81. The summed E-state index contributed by atoms with van der Waals surface area (Å²) in [7, 11) is 0. The molecule has 0 aromatic carbocycles. The van der Waals surface area contributed by atoms with E-state index in [2.05, 4.69) is 31.0 Å². The zero-order valence-corrected chi connectivity index (χ0v) is 14.0. The lowest BCUT2D eigenvalue weighted by molar-refractivity contribution is 0.111. The Bertz CT molecular complexity index is 258. The van der Waals surface area contributed by atoms with Crippen molar-refractivity contribution in [2.45, 2.75) is 96.7 Å². The van der Waals surface area contributed by atoms with Crippen molar-refractivity contribution in [3.63, 3.8) is 0 Å². The highest BCUT2D eigenvalue weighted by atomic mass is 15.2. The Balaban J connectivity index is 2.02. The maximum atomic E-state index is 3.88. The number of nitrogens with one attached hydrogen (secondary N) is 1. The van der Waals surface area contributed by atoms with Gasteiger partial charge in [0.1, 0.15) is 0 Å². The number of rotatable bonds is 7. The molecule has 2 saturated carbocycles. The second-order valence-corrected chi connectivity index (χ2v) is 7.44. The van der Waals surface area contributed by atoms with E-state index >= 15 is 0 Å². The monoisotopic (exact) mass is 280 g/mol. The molecule has 0 spiro atoms. The Kier molecular flexibility index (Phi) is 6.83. The van der Waals surface area contributed by atoms with Crippen LogP contribution >= 0.6 is 0 Å². The zero-order valence-electron chi connectivity index (χ0n) is 14.0. The molecule has 2 aliphatic rings. The van der Waals surface area contributed by atoms with Crippen molar-refractivity contribution in [3.8, 4) is 0 Å². The average molecular weight is 281 g/mol. The Labute approximate surface area is 126 Å². The van der Waals surface area contributed by atoms with Crippen LogP contribution in [0.1, 0.15) is 78.6 Å². The van der Waals surface area contributed by atoms with Crippen LogP contribution in [0.2, 0.25) is 0 Å². The van der Waals surface area contributed by atoms with Gasteiger partial charge in [-0.2, -0.15) is 0 Å². The molecule has 2 atom stereocenters. The van der Waals surface area contributed by atoms with Crippen LogP contribution in [0.5, 0.6) is 0 Å². The van der Waals surface area contributed by atoms with E-state index in [1.165, 1.54) is 70.9 Å². The van der Waals surface area contributed by atoms with Gasteiger partial charge in [0.15, 0.2) is 0 Å². The van der Waals surface area contributed by atoms with Crippen LogP contribution in [-0.2, 0) is 0 Å². The average Bonchev–Trinajstić information content (AvgIpc) is 3.20. The molecule has 0 aliphatic heterocycles. The fraction of sp³-hybridized carbons (Fsp3) is 1.00. The molecule has 0 aromatic heterocycles. The van der Waals surface area contributed by atoms with E-state index in [0.717, 1.165) is 24.0 Å². The lowest BCUT2D eigenvalue weighted by atomic mass is 9.90. The maximum absolute atomic E-state index is 3.88. The van der Waals surface area contributed by atoms with E-state index in [9.17, 15) is 0 Å². The molecule has 0 saturated heterocycles. The topological polar surface area (TPSA) is 15.3 Å². The summed E-state index contributed by atoms with van der Waals surface area (Å²) in [5, 5.41) is 3.88. The van der Waals surface area contributed by atoms with Gasteiger partial charge in [-0.3, -0.25) is 4.90 Å². The first-order valence-electron chi connectivity index (χ1n) is 9.21. The first kappa shape index (κ1) is 16.3. The number of hydrogen-bond acceptors (Lipinski definition) is 2. The molecule has 0 aromatic rings. The first-order valence-corrected chi connectivity index (χ1v) is 9.21. The predicted octanol–water partition coefficient (Wildman–Crippen LogP) is 4.20.